The molecule has 3 heterocycles. The Balaban J connectivity index is 1.36. The van der Waals surface area contributed by atoms with Gasteiger partial charge < -0.3 is 19.3 Å². The quantitative estimate of drug-likeness (QED) is 0.202. The molecule has 1 aliphatic rings. The molecule has 1 aliphatic heterocycles. The summed E-state index contributed by atoms with van der Waals surface area (Å²) in [5.74, 6) is -4.43. The van der Waals surface area contributed by atoms with Gasteiger partial charge in [-0.2, -0.15) is 0 Å². The maximum atomic E-state index is 11.2. The van der Waals surface area contributed by atoms with Gasteiger partial charge in [-0.05, 0) is 59.3 Å². The predicted octanol–water partition coefficient (Wildman–Crippen LogP) is 10.3. The van der Waals surface area contributed by atoms with Crippen molar-refractivity contribution >= 4 is 44.3 Å². The molecular weight excluding hydrogens is 568 g/mol. The number of nitrogens with zero attached hydrogens (tertiary/aromatic N) is 4. The fourth-order valence-electron chi connectivity index (χ4n) is 6.47. The second-order valence-electron chi connectivity index (χ2n) is 11.5. The van der Waals surface area contributed by atoms with Crippen LogP contribution in [0, 0.1) is 0 Å². The van der Waals surface area contributed by atoms with E-state index in [4.69, 9.17) is 17.6 Å². The number of rotatable bonds is 6. The molecule has 5 aromatic carbocycles. The van der Waals surface area contributed by atoms with Crippen molar-refractivity contribution in [2.75, 3.05) is 16.5 Å². The number of hydrogen-bond donors (Lipinski definition) is 1. The Labute approximate surface area is 279 Å². The van der Waals surface area contributed by atoms with Crippen LogP contribution in [-0.2, 0) is 0 Å². The van der Waals surface area contributed by atoms with Crippen molar-refractivity contribution in [3.8, 4) is 22.8 Å². The number of phenolic OH excluding ortho intramolecular Hbond substituents is 1. The fourth-order valence-corrected chi connectivity index (χ4v) is 6.47. The van der Waals surface area contributed by atoms with Gasteiger partial charge in [0.05, 0.1) is 34.8 Å². The van der Waals surface area contributed by atoms with E-state index in [0.717, 1.165) is 27.6 Å². The van der Waals surface area contributed by atoms with E-state index < -0.39 is 25.5 Å². The van der Waals surface area contributed by atoms with Crippen molar-refractivity contribution in [3.63, 3.8) is 0 Å². The molecule has 7 aromatic rings. The van der Waals surface area contributed by atoms with Gasteiger partial charge in [-0.3, -0.25) is 4.57 Å². The first kappa shape index (κ1) is 20.5. The van der Waals surface area contributed by atoms with Crippen molar-refractivity contribution in [2.24, 2.45) is 0 Å². The zero-order chi connectivity index (χ0) is 38.4. The summed E-state index contributed by atoms with van der Waals surface area (Å²) in [6.45, 7) is -2.79. The van der Waals surface area contributed by atoms with Crippen molar-refractivity contribution < 1.29 is 20.5 Å². The van der Waals surface area contributed by atoms with E-state index in [1.54, 1.807) is 28.8 Å². The molecule has 2 unspecified atom stereocenters. The fraction of sp³-hybridized carbons (Fsp3) is 0.175. The molecule has 8 rings (SSSR count). The number of para-hydroxylation sites is 5. The molecular formula is C40H36N4O2. The molecule has 6 heteroatoms. The molecule has 0 aliphatic carbocycles. The number of aromatic hydroxyl groups is 1. The van der Waals surface area contributed by atoms with Gasteiger partial charge in [0.25, 0.3) is 0 Å². The van der Waals surface area contributed by atoms with Crippen LogP contribution in [0.15, 0.2) is 120 Å². The SMILES string of the molecule is [2H]C([2H])([2H])C([2H])(C)c1cccc(C([2H])(C)C([2H])([2H])[2H])c1-n1c(-c2ccccc2O)nc2c(N3C=CN(c4cccc5c4oc4ccccc45)C3)cccc21. The number of anilines is 2. The summed E-state index contributed by atoms with van der Waals surface area (Å²) in [5.41, 5.74) is 4.28. The first-order valence-corrected chi connectivity index (χ1v) is 15.1. The molecule has 0 saturated carbocycles. The Morgan fingerprint density at radius 3 is 2.20 bits per heavy atom. The minimum absolute atomic E-state index is 0.0183. The van der Waals surface area contributed by atoms with Crippen molar-refractivity contribution in [1.29, 1.82) is 0 Å². The smallest absolute Gasteiger partial charge is 0.159 e. The standard InChI is InChI=1S/C40H36N4O2/c1-25(2)27-14-9-15-28(26(3)4)38(27)44-33-18-11-17-32(37(33)41-40(44)31-13-5-7-20-35(31)45)42-22-23-43(24-42)34-19-10-16-30-29-12-6-8-21-36(29)46-39(30)34/h5-23,25-26,45H,24H2,1-4H3/i1D3,3D3,25D,26D. The van der Waals surface area contributed by atoms with Crippen LogP contribution in [0.1, 0.15) is 61.4 Å². The molecule has 0 radical (unpaired) electrons. The third-order valence-electron chi connectivity index (χ3n) is 8.61. The zero-order valence-corrected chi connectivity index (χ0v) is 25.3. The molecule has 0 saturated heterocycles. The lowest BCUT2D eigenvalue weighted by Gasteiger charge is -2.23. The highest BCUT2D eigenvalue weighted by Gasteiger charge is 2.27. The summed E-state index contributed by atoms with van der Waals surface area (Å²) in [6.07, 6.45) is 3.86. The lowest BCUT2D eigenvalue weighted by Crippen LogP contribution is -2.24. The number of furan rings is 1. The summed E-state index contributed by atoms with van der Waals surface area (Å²) >= 11 is 0. The van der Waals surface area contributed by atoms with Crippen LogP contribution in [0.3, 0.4) is 0 Å². The normalized spacial score (nSPS) is 19.1. The topological polar surface area (TPSA) is 57.7 Å². The highest BCUT2D eigenvalue weighted by Crippen LogP contribution is 2.42. The van der Waals surface area contributed by atoms with E-state index >= 15 is 0 Å². The number of aromatic nitrogens is 2. The predicted molar refractivity (Wildman–Crippen MR) is 189 cm³/mol. The molecule has 1 N–H and O–H groups in total. The van der Waals surface area contributed by atoms with Gasteiger partial charge in [-0.25, -0.2) is 4.98 Å². The second-order valence-corrected chi connectivity index (χ2v) is 11.5. The molecule has 46 heavy (non-hydrogen) atoms. The zero-order valence-electron chi connectivity index (χ0n) is 33.3. The van der Waals surface area contributed by atoms with Crippen molar-refractivity contribution in [2.45, 2.75) is 39.3 Å². The minimum atomic E-state index is -2.85. The summed E-state index contributed by atoms with van der Waals surface area (Å²) in [6, 6.07) is 30.4. The Morgan fingerprint density at radius 2 is 1.41 bits per heavy atom. The number of imidazole rings is 1. The Hall–Kier alpha value is -5.49. The first-order chi connectivity index (χ1) is 25.5. The molecule has 0 amide bonds. The summed E-state index contributed by atoms with van der Waals surface area (Å²) in [5, 5.41) is 13.2. The second kappa shape index (κ2) is 10.8. The van der Waals surface area contributed by atoms with E-state index in [-0.39, 0.29) is 34.0 Å². The number of phenols is 1. The molecule has 2 atom stereocenters. The van der Waals surface area contributed by atoms with Crippen molar-refractivity contribution in [3.05, 3.63) is 127 Å². The lowest BCUT2D eigenvalue weighted by molar-refractivity contribution is 0.477. The highest BCUT2D eigenvalue weighted by molar-refractivity contribution is 6.09. The van der Waals surface area contributed by atoms with E-state index in [2.05, 4.69) is 4.90 Å². The van der Waals surface area contributed by atoms with Crippen LogP contribution in [-0.4, -0.2) is 21.3 Å². The third kappa shape index (κ3) is 4.36. The molecule has 6 nitrogen and oxygen atoms in total. The molecule has 228 valence electrons. The minimum Gasteiger partial charge on any atom is -0.507 e. The van der Waals surface area contributed by atoms with Gasteiger partial charge in [-0.1, -0.05) is 94.3 Å². The van der Waals surface area contributed by atoms with Gasteiger partial charge >= 0.3 is 0 Å². The van der Waals surface area contributed by atoms with Crippen LogP contribution in [0.4, 0.5) is 11.4 Å². The summed E-state index contributed by atoms with van der Waals surface area (Å²) in [4.78, 5) is 9.15. The van der Waals surface area contributed by atoms with Gasteiger partial charge in [-0.15, -0.1) is 0 Å². The first-order valence-electron chi connectivity index (χ1n) is 19.1. The molecule has 0 bridgehead atoms. The van der Waals surface area contributed by atoms with E-state index in [1.807, 2.05) is 71.9 Å². The molecule has 0 spiro atoms. The van der Waals surface area contributed by atoms with E-state index in [0.29, 0.717) is 23.4 Å². The largest absolute Gasteiger partial charge is 0.507 e. The Bertz CT molecular complexity index is 2580. The summed E-state index contributed by atoms with van der Waals surface area (Å²) in [7, 11) is 0. The van der Waals surface area contributed by atoms with Crippen LogP contribution < -0.4 is 9.80 Å². The molecule has 0 fully saturated rings. The number of hydrogen-bond acceptors (Lipinski definition) is 5. The summed E-state index contributed by atoms with van der Waals surface area (Å²) < 4.78 is 76.6. The number of fused-ring (bicyclic) bond motifs is 4. The number of benzene rings is 5. The molecule has 2 aromatic heterocycles. The van der Waals surface area contributed by atoms with Gasteiger partial charge in [0.1, 0.15) is 22.7 Å². The van der Waals surface area contributed by atoms with Crippen LogP contribution in [0.2, 0.25) is 0 Å². The van der Waals surface area contributed by atoms with Crippen LogP contribution in [0.5, 0.6) is 5.75 Å². The maximum absolute atomic E-state index is 11.2. The Morgan fingerprint density at radius 1 is 0.761 bits per heavy atom. The van der Waals surface area contributed by atoms with E-state index in [9.17, 15) is 7.85 Å². The van der Waals surface area contributed by atoms with E-state index in [1.165, 1.54) is 38.1 Å². The van der Waals surface area contributed by atoms with Gasteiger partial charge in [0, 0.05) is 34.1 Å². The van der Waals surface area contributed by atoms with Gasteiger partial charge in [0.2, 0.25) is 0 Å². The highest BCUT2D eigenvalue weighted by atomic mass is 16.3. The average molecular weight is 613 g/mol. The average Bonchev–Trinajstić information content (AvgIpc) is 3.86. The van der Waals surface area contributed by atoms with Gasteiger partial charge in [0.15, 0.2) is 5.58 Å². The lowest BCUT2D eigenvalue weighted by atomic mass is 9.92. The van der Waals surface area contributed by atoms with Crippen LogP contribution in [0.25, 0.3) is 50.0 Å². The third-order valence-corrected chi connectivity index (χ3v) is 8.61. The maximum Gasteiger partial charge on any atom is 0.159 e. The van der Waals surface area contributed by atoms with Crippen LogP contribution >= 0.6 is 0 Å². The Kier molecular flexibility index (Phi) is 4.84. The van der Waals surface area contributed by atoms with Crippen molar-refractivity contribution in [1.82, 2.24) is 9.55 Å². The monoisotopic (exact) mass is 612 g/mol.